The molecule has 3 nitrogen and oxygen atoms in total. The third kappa shape index (κ3) is 1.57. The van der Waals surface area contributed by atoms with Gasteiger partial charge in [-0.05, 0) is 30.3 Å². The van der Waals surface area contributed by atoms with Gasteiger partial charge in [-0.3, -0.25) is 4.79 Å². The van der Waals surface area contributed by atoms with Crippen LogP contribution in [0.1, 0.15) is 0 Å². The minimum absolute atomic E-state index is 0.166. The van der Waals surface area contributed by atoms with E-state index < -0.39 is 0 Å². The first-order chi connectivity index (χ1) is 9.63. The molecule has 0 spiro atoms. The summed E-state index contributed by atoms with van der Waals surface area (Å²) in [5.41, 5.74) is 1.56. The van der Waals surface area contributed by atoms with Gasteiger partial charge < -0.3 is 4.42 Å². The van der Waals surface area contributed by atoms with Crippen LogP contribution in [0.15, 0.2) is 51.7 Å². The number of aromatic nitrogens is 1. The fourth-order valence-electron chi connectivity index (χ4n) is 2.42. The van der Waals surface area contributed by atoms with Gasteiger partial charge >= 0.3 is 0 Å². The van der Waals surface area contributed by atoms with Gasteiger partial charge in [-0.15, -0.1) is 0 Å². The molecule has 0 atom stereocenters. The lowest BCUT2D eigenvalue weighted by molar-refractivity contribution is 0.631. The summed E-state index contributed by atoms with van der Waals surface area (Å²) in [6, 6.07) is 12.2. The quantitative estimate of drug-likeness (QED) is 0.479. The van der Waals surface area contributed by atoms with Crippen LogP contribution in [0.2, 0.25) is 10.0 Å². The van der Waals surface area contributed by atoms with E-state index in [9.17, 15) is 4.79 Å². The number of hydrogen-bond donors (Lipinski definition) is 0. The molecule has 4 aromatic rings. The van der Waals surface area contributed by atoms with Crippen LogP contribution in [0.4, 0.5) is 0 Å². The van der Waals surface area contributed by atoms with Crippen LogP contribution < -0.4 is 5.56 Å². The lowest BCUT2D eigenvalue weighted by Gasteiger charge is -2.01. The Kier molecular flexibility index (Phi) is 2.37. The van der Waals surface area contributed by atoms with Crippen LogP contribution in [0.5, 0.6) is 0 Å². The molecule has 2 heterocycles. The van der Waals surface area contributed by atoms with Crippen LogP contribution in [-0.4, -0.2) is 4.40 Å². The number of fused-ring (bicyclic) bond motifs is 4. The summed E-state index contributed by atoms with van der Waals surface area (Å²) in [5, 5.41) is 2.42. The predicted molar refractivity (Wildman–Crippen MR) is 81.0 cm³/mol. The molecule has 0 bridgehead atoms. The third-order valence-electron chi connectivity index (χ3n) is 3.32. The molecule has 2 aromatic carbocycles. The Labute approximate surface area is 122 Å². The molecule has 0 unspecified atom stereocenters. The highest BCUT2D eigenvalue weighted by atomic mass is 35.5. The summed E-state index contributed by atoms with van der Waals surface area (Å²) in [5.74, 6) is 0. The van der Waals surface area contributed by atoms with Crippen molar-refractivity contribution in [2.75, 3.05) is 0 Å². The van der Waals surface area contributed by atoms with Crippen LogP contribution in [0.25, 0.3) is 27.6 Å². The van der Waals surface area contributed by atoms with Crippen LogP contribution in [-0.2, 0) is 0 Å². The molecule has 0 saturated heterocycles. The van der Waals surface area contributed by atoms with Crippen LogP contribution >= 0.6 is 23.2 Å². The molecule has 20 heavy (non-hydrogen) atoms. The normalized spacial score (nSPS) is 11.7. The maximum Gasteiger partial charge on any atom is 0.269 e. The second-order valence-corrected chi connectivity index (χ2v) is 5.44. The summed E-state index contributed by atoms with van der Waals surface area (Å²) in [4.78, 5) is 12.6. The average molecular weight is 304 g/mol. The van der Waals surface area contributed by atoms with Gasteiger partial charge in [0, 0.05) is 21.5 Å². The summed E-state index contributed by atoms with van der Waals surface area (Å²) >= 11 is 12.0. The Morgan fingerprint density at radius 3 is 2.55 bits per heavy atom. The maximum absolute atomic E-state index is 12.6. The summed E-state index contributed by atoms with van der Waals surface area (Å²) in [7, 11) is 0. The van der Waals surface area contributed by atoms with E-state index in [1.165, 1.54) is 4.40 Å². The smallest absolute Gasteiger partial charge is 0.269 e. The molecule has 0 aliphatic rings. The van der Waals surface area contributed by atoms with Crippen molar-refractivity contribution in [1.82, 2.24) is 4.40 Å². The van der Waals surface area contributed by atoms with Crippen LogP contribution in [0.3, 0.4) is 0 Å². The number of nitrogens with zero attached hydrogens (tertiary/aromatic N) is 1. The molecule has 0 N–H and O–H groups in total. The number of halogens is 2. The van der Waals surface area contributed by atoms with E-state index in [2.05, 4.69) is 0 Å². The first kappa shape index (κ1) is 11.8. The highest BCUT2D eigenvalue weighted by Crippen LogP contribution is 2.25. The summed E-state index contributed by atoms with van der Waals surface area (Å²) in [6.07, 6.45) is 0. The zero-order valence-corrected chi connectivity index (χ0v) is 11.6. The largest absolute Gasteiger partial charge is 0.439 e. The second-order valence-electron chi connectivity index (χ2n) is 4.57. The Morgan fingerprint density at radius 2 is 1.70 bits per heavy atom. The molecular weight excluding hydrogens is 297 g/mol. The van der Waals surface area contributed by atoms with Gasteiger partial charge in [0.25, 0.3) is 5.56 Å². The van der Waals surface area contributed by atoms with E-state index in [-0.39, 0.29) is 5.56 Å². The Hall–Kier alpha value is -1.97. The van der Waals surface area contributed by atoms with Crippen molar-refractivity contribution in [2.24, 2.45) is 0 Å². The Morgan fingerprint density at radius 1 is 0.950 bits per heavy atom. The van der Waals surface area contributed by atoms with E-state index in [4.69, 9.17) is 27.6 Å². The molecular formula is C15H7Cl2NO2. The first-order valence-electron chi connectivity index (χ1n) is 5.96. The van der Waals surface area contributed by atoms with Crippen molar-refractivity contribution < 1.29 is 4.42 Å². The molecule has 0 aliphatic carbocycles. The lowest BCUT2D eigenvalue weighted by Crippen LogP contribution is -2.12. The standard InChI is InChI=1S/C15H7Cl2NO2/c16-9-3-4-13-11(6-9)15(19)18-12-7-10(17)2-1-8(12)5-14(18)20-13/h1-7H. The predicted octanol–water partition coefficient (Wildman–Crippen LogP) is 4.51. The first-order valence-corrected chi connectivity index (χ1v) is 6.72. The molecule has 0 saturated carbocycles. The van der Waals surface area contributed by atoms with E-state index in [1.54, 1.807) is 30.3 Å². The van der Waals surface area contributed by atoms with E-state index in [0.29, 0.717) is 26.7 Å². The molecule has 0 fully saturated rings. The van der Waals surface area contributed by atoms with Gasteiger partial charge in [0.2, 0.25) is 5.71 Å². The van der Waals surface area contributed by atoms with Gasteiger partial charge in [-0.1, -0.05) is 29.3 Å². The molecule has 0 radical (unpaired) electrons. The molecule has 5 heteroatoms. The van der Waals surface area contributed by atoms with Crippen molar-refractivity contribution in [3.63, 3.8) is 0 Å². The SMILES string of the molecule is O=c1c2cc(Cl)ccc2oc2cc3ccc(Cl)cc3n12. The second kappa shape index (κ2) is 4.01. The monoisotopic (exact) mass is 303 g/mol. The number of benzene rings is 2. The van der Waals surface area contributed by atoms with Gasteiger partial charge in [-0.25, -0.2) is 4.40 Å². The van der Waals surface area contributed by atoms with Crippen molar-refractivity contribution in [3.8, 4) is 0 Å². The van der Waals surface area contributed by atoms with Crippen LogP contribution in [0, 0.1) is 0 Å². The fraction of sp³-hybridized carbons (Fsp3) is 0. The van der Waals surface area contributed by atoms with Gasteiger partial charge in [0.1, 0.15) is 5.58 Å². The number of rotatable bonds is 0. The minimum atomic E-state index is -0.166. The zero-order valence-electron chi connectivity index (χ0n) is 10.1. The lowest BCUT2D eigenvalue weighted by atomic mass is 10.2. The van der Waals surface area contributed by atoms with Gasteiger partial charge in [-0.2, -0.15) is 0 Å². The van der Waals surface area contributed by atoms with Crippen molar-refractivity contribution >= 4 is 50.8 Å². The van der Waals surface area contributed by atoms with E-state index >= 15 is 0 Å². The number of hydrogen-bond acceptors (Lipinski definition) is 2. The molecule has 0 amide bonds. The average Bonchev–Trinajstić information content (AvgIpc) is 2.77. The van der Waals surface area contributed by atoms with E-state index in [0.717, 1.165) is 10.9 Å². The fourth-order valence-corrected chi connectivity index (χ4v) is 2.76. The Bertz CT molecular complexity index is 1050. The Balaban J connectivity index is 2.32. The van der Waals surface area contributed by atoms with Crippen molar-refractivity contribution in [3.05, 3.63) is 62.9 Å². The summed E-state index contributed by atoms with van der Waals surface area (Å²) < 4.78 is 7.28. The highest BCUT2D eigenvalue weighted by Gasteiger charge is 2.12. The van der Waals surface area contributed by atoms with Gasteiger partial charge in [0.05, 0.1) is 10.9 Å². The molecule has 4 rings (SSSR count). The van der Waals surface area contributed by atoms with Gasteiger partial charge in [0.15, 0.2) is 0 Å². The molecule has 0 aliphatic heterocycles. The topological polar surface area (TPSA) is 34.6 Å². The van der Waals surface area contributed by atoms with E-state index in [1.807, 2.05) is 12.1 Å². The molecule has 2 aromatic heterocycles. The molecule has 98 valence electrons. The maximum atomic E-state index is 12.6. The van der Waals surface area contributed by atoms with Crippen molar-refractivity contribution in [1.29, 1.82) is 0 Å². The zero-order chi connectivity index (χ0) is 13.9. The third-order valence-corrected chi connectivity index (χ3v) is 3.79. The summed E-state index contributed by atoms with van der Waals surface area (Å²) in [6.45, 7) is 0. The van der Waals surface area contributed by atoms with Crippen molar-refractivity contribution in [2.45, 2.75) is 0 Å². The minimum Gasteiger partial charge on any atom is -0.439 e. The highest BCUT2D eigenvalue weighted by molar-refractivity contribution is 6.31.